The quantitative estimate of drug-likeness (QED) is 0.801. The Morgan fingerprint density at radius 1 is 1.43 bits per heavy atom. The van der Waals surface area contributed by atoms with E-state index in [1.54, 1.807) is 10.9 Å². The van der Waals surface area contributed by atoms with E-state index in [0.29, 0.717) is 5.56 Å². The molecule has 2 atom stereocenters. The zero-order valence-electron chi connectivity index (χ0n) is 13.1. The highest BCUT2D eigenvalue weighted by atomic mass is 16.6. The van der Waals surface area contributed by atoms with Crippen molar-refractivity contribution in [3.05, 3.63) is 17.5 Å². The Balaban J connectivity index is 1.70. The molecule has 0 amide bonds. The maximum atomic E-state index is 12.4. The van der Waals surface area contributed by atoms with Crippen molar-refractivity contribution in [1.82, 2.24) is 9.78 Å². The Morgan fingerprint density at radius 2 is 2.14 bits per heavy atom. The average molecular weight is 292 g/mol. The zero-order valence-corrected chi connectivity index (χ0v) is 13.1. The van der Waals surface area contributed by atoms with Crippen molar-refractivity contribution in [3.8, 4) is 0 Å². The predicted molar refractivity (Wildman–Crippen MR) is 78.1 cm³/mol. The molecule has 1 aromatic rings. The Hall–Kier alpha value is -1.36. The van der Waals surface area contributed by atoms with Crippen molar-refractivity contribution in [2.75, 3.05) is 6.61 Å². The van der Waals surface area contributed by atoms with Crippen LogP contribution in [0.25, 0.3) is 0 Å². The largest absolute Gasteiger partial charge is 0.458 e. The highest BCUT2D eigenvalue weighted by molar-refractivity contribution is 5.90. The molecule has 1 aromatic heterocycles. The number of esters is 1. The van der Waals surface area contributed by atoms with Crippen LogP contribution >= 0.6 is 0 Å². The fraction of sp³-hybridized carbons (Fsp3) is 0.750. The van der Waals surface area contributed by atoms with E-state index in [1.165, 1.54) is 12.8 Å². The summed E-state index contributed by atoms with van der Waals surface area (Å²) < 4.78 is 13.4. The van der Waals surface area contributed by atoms with Crippen LogP contribution in [0.15, 0.2) is 6.20 Å². The second-order valence-electron chi connectivity index (χ2n) is 6.28. The molecule has 2 aliphatic rings. The third-order valence-electron chi connectivity index (χ3n) is 5.32. The van der Waals surface area contributed by atoms with Crippen molar-refractivity contribution < 1.29 is 14.3 Å². The van der Waals surface area contributed by atoms with Gasteiger partial charge in [0.15, 0.2) is 0 Å². The van der Waals surface area contributed by atoms with Crippen molar-refractivity contribution in [2.45, 2.75) is 58.2 Å². The van der Waals surface area contributed by atoms with Crippen LogP contribution in [0.5, 0.6) is 0 Å². The van der Waals surface area contributed by atoms with Gasteiger partial charge in [0, 0.05) is 31.2 Å². The molecule has 5 heteroatoms. The molecule has 21 heavy (non-hydrogen) atoms. The summed E-state index contributed by atoms with van der Waals surface area (Å²) in [5, 5.41) is 4.11. The second kappa shape index (κ2) is 5.44. The first-order valence-corrected chi connectivity index (χ1v) is 7.89. The third kappa shape index (κ3) is 2.27. The van der Waals surface area contributed by atoms with Crippen LogP contribution in [0.1, 0.15) is 55.1 Å². The van der Waals surface area contributed by atoms with Gasteiger partial charge in [0.2, 0.25) is 0 Å². The number of nitrogens with zero attached hydrogens (tertiary/aromatic N) is 2. The van der Waals surface area contributed by atoms with Crippen molar-refractivity contribution in [3.63, 3.8) is 0 Å². The fourth-order valence-corrected chi connectivity index (χ4v) is 3.88. The van der Waals surface area contributed by atoms with E-state index in [1.807, 2.05) is 20.9 Å². The molecule has 2 aliphatic carbocycles. The number of ether oxygens (including phenoxy) is 2. The molecule has 0 aromatic carbocycles. The summed E-state index contributed by atoms with van der Waals surface area (Å²) in [7, 11) is 1.83. The molecular weight excluding hydrogens is 268 g/mol. The maximum Gasteiger partial charge on any atom is 0.341 e. The van der Waals surface area contributed by atoms with Crippen molar-refractivity contribution >= 4 is 5.97 Å². The minimum atomic E-state index is -0.244. The van der Waals surface area contributed by atoms with Crippen LogP contribution in [-0.4, -0.2) is 34.6 Å². The number of aryl methyl sites for hydroxylation is 1. The normalized spacial score (nSPS) is 26.8. The first kappa shape index (κ1) is 14.6. The number of carbonyl (C=O) groups excluding carboxylic acids is 1. The maximum absolute atomic E-state index is 12.4. The standard InChI is InChI=1S/C16H24N2O3/c1-4-20-13-9-14(16(13)7-5-6-8-16)21-15(19)12-10-17-18(3)11(12)2/h10,13-14H,4-9H2,1-3H3/t13-,14-/m0/s1. The van der Waals surface area contributed by atoms with Crippen LogP contribution in [-0.2, 0) is 16.5 Å². The SMILES string of the molecule is CCO[C@H]1C[C@H](OC(=O)c2cnn(C)c2C)C12CCCC2. The number of hydrogen-bond acceptors (Lipinski definition) is 4. The highest BCUT2D eigenvalue weighted by Crippen LogP contribution is 2.56. The van der Waals surface area contributed by atoms with E-state index in [-0.39, 0.29) is 23.6 Å². The Labute approximate surface area is 125 Å². The molecule has 2 saturated carbocycles. The summed E-state index contributed by atoms with van der Waals surface area (Å²) in [5.74, 6) is -0.244. The lowest BCUT2D eigenvalue weighted by Crippen LogP contribution is -2.58. The molecule has 0 N–H and O–H groups in total. The van der Waals surface area contributed by atoms with E-state index in [9.17, 15) is 4.79 Å². The van der Waals surface area contributed by atoms with Gasteiger partial charge in [-0.3, -0.25) is 4.68 Å². The van der Waals surface area contributed by atoms with E-state index >= 15 is 0 Å². The van der Waals surface area contributed by atoms with Gasteiger partial charge in [0.1, 0.15) is 11.7 Å². The molecule has 5 nitrogen and oxygen atoms in total. The molecule has 0 unspecified atom stereocenters. The molecule has 0 radical (unpaired) electrons. The molecule has 116 valence electrons. The predicted octanol–water partition coefficient (Wildman–Crippen LogP) is 2.62. The van der Waals surface area contributed by atoms with Gasteiger partial charge in [-0.05, 0) is 26.7 Å². The lowest BCUT2D eigenvalue weighted by atomic mass is 9.62. The van der Waals surface area contributed by atoms with E-state index in [0.717, 1.165) is 31.6 Å². The number of carbonyl (C=O) groups is 1. The fourth-order valence-electron chi connectivity index (χ4n) is 3.88. The van der Waals surface area contributed by atoms with Crippen LogP contribution in [0.2, 0.25) is 0 Å². The minimum Gasteiger partial charge on any atom is -0.458 e. The third-order valence-corrected chi connectivity index (χ3v) is 5.32. The molecular formula is C16H24N2O3. The van der Waals surface area contributed by atoms with Crippen LogP contribution < -0.4 is 0 Å². The summed E-state index contributed by atoms with van der Waals surface area (Å²) >= 11 is 0. The van der Waals surface area contributed by atoms with E-state index < -0.39 is 0 Å². The average Bonchev–Trinajstić information content (AvgIpc) is 3.08. The van der Waals surface area contributed by atoms with Gasteiger partial charge in [-0.1, -0.05) is 12.8 Å². The number of aromatic nitrogens is 2. The first-order valence-electron chi connectivity index (χ1n) is 7.89. The minimum absolute atomic E-state index is 0.00339. The number of rotatable bonds is 4. The van der Waals surface area contributed by atoms with Gasteiger partial charge < -0.3 is 9.47 Å². The first-order chi connectivity index (χ1) is 10.1. The lowest BCUT2D eigenvalue weighted by Gasteiger charge is -2.52. The Kier molecular flexibility index (Phi) is 3.78. The van der Waals surface area contributed by atoms with Gasteiger partial charge in [0.05, 0.1) is 12.3 Å². The highest BCUT2D eigenvalue weighted by Gasteiger charge is 2.58. The van der Waals surface area contributed by atoms with Crippen molar-refractivity contribution in [2.24, 2.45) is 12.5 Å². The second-order valence-corrected chi connectivity index (χ2v) is 6.28. The van der Waals surface area contributed by atoms with Crippen LogP contribution in [0.3, 0.4) is 0 Å². The summed E-state index contributed by atoms with van der Waals surface area (Å²) in [5.41, 5.74) is 1.49. The summed E-state index contributed by atoms with van der Waals surface area (Å²) in [6, 6.07) is 0. The zero-order chi connectivity index (χ0) is 15.0. The smallest absolute Gasteiger partial charge is 0.341 e. The van der Waals surface area contributed by atoms with Crippen molar-refractivity contribution in [1.29, 1.82) is 0 Å². The lowest BCUT2D eigenvalue weighted by molar-refractivity contribution is -0.188. The Bertz CT molecular complexity index is 532. The topological polar surface area (TPSA) is 53.4 Å². The molecule has 1 spiro atoms. The van der Waals surface area contributed by atoms with E-state index in [2.05, 4.69) is 5.10 Å². The van der Waals surface area contributed by atoms with Crippen LogP contribution in [0, 0.1) is 12.3 Å². The van der Waals surface area contributed by atoms with Gasteiger partial charge in [0.25, 0.3) is 0 Å². The summed E-state index contributed by atoms with van der Waals surface area (Å²) in [6.45, 7) is 4.65. The summed E-state index contributed by atoms with van der Waals surface area (Å²) in [4.78, 5) is 12.4. The van der Waals surface area contributed by atoms with Gasteiger partial charge in [-0.25, -0.2) is 4.79 Å². The molecule has 0 saturated heterocycles. The summed E-state index contributed by atoms with van der Waals surface area (Å²) in [6.07, 6.45) is 7.34. The Morgan fingerprint density at radius 3 is 2.71 bits per heavy atom. The molecule has 0 aliphatic heterocycles. The molecule has 2 fully saturated rings. The molecule has 0 bridgehead atoms. The number of hydrogen-bond donors (Lipinski definition) is 0. The van der Waals surface area contributed by atoms with E-state index in [4.69, 9.17) is 9.47 Å². The van der Waals surface area contributed by atoms with Gasteiger partial charge in [-0.2, -0.15) is 5.10 Å². The van der Waals surface area contributed by atoms with Crippen LogP contribution in [0.4, 0.5) is 0 Å². The van der Waals surface area contributed by atoms with Gasteiger partial charge >= 0.3 is 5.97 Å². The molecule has 1 heterocycles. The van der Waals surface area contributed by atoms with Gasteiger partial charge in [-0.15, -0.1) is 0 Å². The molecule has 3 rings (SSSR count). The monoisotopic (exact) mass is 292 g/mol.